The van der Waals surface area contributed by atoms with Crippen molar-refractivity contribution in [2.24, 2.45) is 0 Å². The molecular formula is C22H19N3O5. The van der Waals surface area contributed by atoms with Crippen LogP contribution in [0, 0.1) is 6.92 Å². The van der Waals surface area contributed by atoms with Crippen LogP contribution in [0.5, 0.6) is 5.75 Å². The number of aromatic nitrogens is 2. The van der Waals surface area contributed by atoms with Crippen molar-refractivity contribution < 1.29 is 24.0 Å². The Morgan fingerprint density at radius 2 is 2.00 bits per heavy atom. The Hall–Kier alpha value is -3.94. The van der Waals surface area contributed by atoms with E-state index in [0.29, 0.717) is 29.2 Å². The Labute approximate surface area is 172 Å². The molecule has 0 radical (unpaired) electrons. The maximum Gasteiger partial charge on any atom is 0.301 e. The third-order valence-electron chi connectivity index (χ3n) is 4.75. The Balaban J connectivity index is 1.87. The molecule has 0 aliphatic carbocycles. The van der Waals surface area contributed by atoms with Crippen LogP contribution in [0.2, 0.25) is 0 Å². The summed E-state index contributed by atoms with van der Waals surface area (Å²) >= 11 is 0. The summed E-state index contributed by atoms with van der Waals surface area (Å²) < 4.78 is 10.5. The fourth-order valence-corrected chi connectivity index (χ4v) is 3.42. The number of Topliss-reactive ketones (excluding diaryl/α,β-unsaturated/α-hetero) is 1. The number of benzene rings is 1. The second kappa shape index (κ2) is 7.82. The lowest BCUT2D eigenvalue weighted by Crippen LogP contribution is -2.29. The Bertz CT molecular complexity index is 1120. The summed E-state index contributed by atoms with van der Waals surface area (Å²) in [7, 11) is 0. The molecule has 1 aliphatic rings. The van der Waals surface area contributed by atoms with Gasteiger partial charge in [-0.2, -0.15) is 0 Å². The maximum atomic E-state index is 13.0. The molecule has 30 heavy (non-hydrogen) atoms. The van der Waals surface area contributed by atoms with Crippen LogP contribution in [-0.4, -0.2) is 33.5 Å². The molecule has 1 atom stereocenters. The van der Waals surface area contributed by atoms with Gasteiger partial charge in [0.25, 0.3) is 5.78 Å². The van der Waals surface area contributed by atoms with Gasteiger partial charge in [0.1, 0.15) is 17.3 Å². The van der Waals surface area contributed by atoms with Gasteiger partial charge in [-0.15, -0.1) is 0 Å². The predicted octanol–water partition coefficient (Wildman–Crippen LogP) is 3.40. The molecule has 3 heterocycles. The van der Waals surface area contributed by atoms with Crippen molar-refractivity contribution in [2.45, 2.75) is 19.9 Å². The van der Waals surface area contributed by atoms with E-state index in [9.17, 15) is 14.7 Å². The van der Waals surface area contributed by atoms with Crippen LogP contribution in [0.15, 0.2) is 65.0 Å². The molecule has 0 bridgehead atoms. The number of aliphatic hydroxyl groups is 1. The SMILES string of the molecule is CCOc1ccc(C(O)=C2C(=O)C(=O)N(c3cc(C)on3)C2c2cccnc2)cc1. The number of rotatable bonds is 5. The highest BCUT2D eigenvalue weighted by molar-refractivity contribution is 6.51. The van der Waals surface area contributed by atoms with Crippen LogP contribution in [0.25, 0.3) is 5.76 Å². The number of ketones is 1. The molecular weight excluding hydrogens is 386 g/mol. The molecule has 1 amide bonds. The quantitative estimate of drug-likeness (QED) is 0.394. The Morgan fingerprint density at radius 3 is 2.60 bits per heavy atom. The van der Waals surface area contributed by atoms with E-state index in [1.807, 2.05) is 6.92 Å². The number of hydrogen-bond acceptors (Lipinski definition) is 7. The van der Waals surface area contributed by atoms with Gasteiger partial charge >= 0.3 is 5.91 Å². The van der Waals surface area contributed by atoms with Crippen LogP contribution in [-0.2, 0) is 9.59 Å². The third-order valence-corrected chi connectivity index (χ3v) is 4.75. The number of amides is 1. The molecule has 152 valence electrons. The number of nitrogens with zero attached hydrogens (tertiary/aromatic N) is 3. The number of hydrogen-bond donors (Lipinski definition) is 1. The molecule has 1 aliphatic heterocycles. The second-order valence-corrected chi connectivity index (χ2v) is 6.71. The molecule has 3 aromatic rings. The summed E-state index contributed by atoms with van der Waals surface area (Å²) in [5, 5.41) is 14.9. The van der Waals surface area contributed by atoms with E-state index in [1.165, 1.54) is 4.90 Å². The van der Waals surface area contributed by atoms with Crippen LogP contribution in [0.3, 0.4) is 0 Å². The predicted molar refractivity (Wildman–Crippen MR) is 108 cm³/mol. The zero-order valence-corrected chi connectivity index (χ0v) is 16.4. The second-order valence-electron chi connectivity index (χ2n) is 6.71. The van der Waals surface area contributed by atoms with E-state index in [0.717, 1.165) is 0 Å². The maximum absolute atomic E-state index is 13.0. The van der Waals surface area contributed by atoms with E-state index in [4.69, 9.17) is 9.26 Å². The lowest BCUT2D eigenvalue weighted by molar-refractivity contribution is -0.132. The number of aliphatic hydroxyl groups excluding tert-OH is 1. The average molecular weight is 405 g/mol. The molecule has 2 aromatic heterocycles. The zero-order valence-electron chi connectivity index (χ0n) is 16.4. The molecule has 1 saturated heterocycles. The van der Waals surface area contributed by atoms with Crippen LogP contribution in [0.1, 0.15) is 29.9 Å². The van der Waals surface area contributed by atoms with Gasteiger partial charge in [0.15, 0.2) is 5.82 Å². The van der Waals surface area contributed by atoms with Gasteiger partial charge in [0.2, 0.25) is 0 Å². The summed E-state index contributed by atoms with van der Waals surface area (Å²) in [6.07, 6.45) is 3.13. The number of ether oxygens (including phenoxy) is 1. The fraction of sp³-hybridized carbons (Fsp3) is 0.182. The molecule has 1 aromatic carbocycles. The number of aryl methyl sites for hydroxylation is 1. The molecule has 0 spiro atoms. The van der Waals surface area contributed by atoms with Gasteiger partial charge < -0.3 is 14.4 Å². The summed E-state index contributed by atoms with van der Waals surface area (Å²) in [4.78, 5) is 31.2. The van der Waals surface area contributed by atoms with Gasteiger partial charge in [-0.1, -0.05) is 11.2 Å². The minimum atomic E-state index is -0.894. The lowest BCUT2D eigenvalue weighted by atomic mass is 9.96. The molecule has 4 rings (SSSR count). The van der Waals surface area contributed by atoms with E-state index in [-0.39, 0.29) is 17.2 Å². The minimum absolute atomic E-state index is 0.0437. The van der Waals surface area contributed by atoms with Gasteiger partial charge in [-0.25, -0.2) is 0 Å². The van der Waals surface area contributed by atoms with Crippen LogP contribution in [0.4, 0.5) is 5.82 Å². The Morgan fingerprint density at radius 1 is 1.23 bits per heavy atom. The van der Waals surface area contributed by atoms with Gasteiger partial charge in [0.05, 0.1) is 18.2 Å². The normalized spacial score (nSPS) is 18.1. The number of carbonyl (C=O) groups is 2. The van der Waals surface area contributed by atoms with Crippen molar-refractivity contribution in [2.75, 3.05) is 11.5 Å². The fourth-order valence-electron chi connectivity index (χ4n) is 3.42. The van der Waals surface area contributed by atoms with Gasteiger partial charge in [-0.3, -0.25) is 19.5 Å². The molecule has 0 saturated carbocycles. The van der Waals surface area contributed by atoms with Gasteiger partial charge in [0, 0.05) is 24.0 Å². The first-order chi connectivity index (χ1) is 14.5. The third kappa shape index (κ3) is 3.32. The summed E-state index contributed by atoms with van der Waals surface area (Å²) in [5.41, 5.74) is 0.907. The molecule has 8 heteroatoms. The van der Waals surface area contributed by atoms with Crippen molar-refractivity contribution in [1.82, 2.24) is 10.1 Å². The van der Waals surface area contributed by atoms with Crippen molar-refractivity contribution in [3.63, 3.8) is 0 Å². The average Bonchev–Trinajstić information content (AvgIpc) is 3.30. The molecule has 8 nitrogen and oxygen atoms in total. The molecule has 1 unspecified atom stereocenters. The van der Waals surface area contributed by atoms with Crippen molar-refractivity contribution in [1.29, 1.82) is 0 Å². The monoisotopic (exact) mass is 405 g/mol. The Kier molecular flexibility index (Phi) is 5.05. The highest BCUT2D eigenvalue weighted by Gasteiger charge is 2.48. The zero-order chi connectivity index (χ0) is 21.3. The smallest absolute Gasteiger partial charge is 0.301 e. The summed E-state index contributed by atoms with van der Waals surface area (Å²) in [6.45, 7) is 4.07. The van der Waals surface area contributed by atoms with Gasteiger partial charge in [-0.05, 0) is 49.7 Å². The lowest BCUT2D eigenvalue weighted by Gasteiger charge is -2.22. The van der Waals surface area contributed by atoms with Crippen LogP contribution >= 0.6 is 0 Å². The summed E-state index contributed by atoms with van der Waals surface area (Å²) in [6, 6.07) is 10.7. The largest absolute Gasteiger partial charge is 0.507 e. The first-order valence-electron chi connectivity index (χ1n) is 9.38. The standard InChI is InChI=1S/C22H19N3O5/c1-3-29-16-8-6-14(7-9-16)20(26)18-19(15-5-4-10-23-12-15)25(22(28)21(18)27)17-11-13(2)30-24-17/h4-12,19,26H,3H2,1-2H3. The van der Waals surface area contributed by atoms with Crippen molar-refractivity contribution >= 4 is 23.3 Å². The first-order valence-corrected chi connectivity index (χ1v) is 9.38. The van der Waals surface area contributed by atoms with E-state index in [2.05, 4.69) is 10.1 Å². The van der Waals surface area contributed by atoms with E-state index in [1.54, 1.807) is 61.8 Å². The van der Waals surface area contributed by atoms with E-state index >= 15 is 0 Å². The summed E-state index contributed by atoms with van der Waals surface area (Å²) in [5.74, 6) is -0.581. The topological polar surface area (TPSA) is 106 Å². The van der Waals surface area contributed by atoms with Crippen molar-refractivity contribution in [3.05, 3.63) is 77.3 Å². The number of carbonyl (C=O) groups excluding carboxylic acids is 2. The van der Waals surface area contributed by atoms with E-state index < -0.39 is 17.7 Å². The number of pyridine rings is 1. The highest BCUT2D eigenvalue weighted by Crippen LogP contribution is 2.41. The first kappa shape index (κ1) is 19.4. The minimum Gasteiger partial charge on any atom is -0.507 e. The number of anilines is 1. The van der Waals surface area contributed by atoms with Crippen LogP contribution < -0.4 is 9.64 Å². The molecule has 1 N–H and O–H groups in total. The van der Waals surface area contributed by atoms with Crippen molar-refractivity contribution in [3.8, 4) is 5.75 Å². The highest BCUT2D eigenvalue weighted by atomic mass is 16.5. The molecule has 1 fully saturated rings.